The van der Waals surface area contributed by atoms with Gasteiger partial charge in [-0.2, -0.15) is 23.5 Å². The van der Waals surface area contributed by atoms with E-state index in [4.69, 9.17) is 22.6 Å². The molecule has 0 radical (unpaired) electrons. The van der Waals surface area contributed by atoms with Crippen LogP contribution in [0.5, 0.6) is 0 Å². The standard InChI is InChI=1S/C26H24ClF3N10O2/c1-15(32)24(41)37-8-10-38(11-9-37)25(42)17-3-2-16(12-19(17)27)35-22-23-34-13-20(40(23)7-5-33-22)18-14-39(6-4-31)36-21(18)26(28,29)30/h2-3,5,7,12-15H,6,8-11,32H2,1H3,(H,33,35)/t15-/m1/s1. The average molecular weight is 601 g/mol. The normalized spacial score (nSPS) is 14.6. The number of aromatic nitrogens is 5. The summed E-state index contributed by atoms with van der Waals surface area (Å²) < 4.78 is 43.5. The van der Waals surface area contributed by atoms with Crippen LogP contribution in [-0.2, 0) is 17.5 Å². The van der Waals surface area contributed by atoms with Crippen molar-refractivity contribution in [3.8, 4) is 17.3 Å². The highest BCUT2D eigenvalue weighted by molar-refractivity contribution is 6.34. The molecule has 0 spiro atoms. The number of carbonyl (C=O) groups is 2. The van der Waals surface area contributed by atoms with Crippen LogP contribution in [-0.4, -0.2) is 78.0 Å². The van der Waals surface area contributed by atoms with Gasteiger partial charge in [-0.25, -0.2) is 9.97 Å². The van der Waals surface area contributed by atoms with E-state index in [-0.39, 0.29) is 51.7 Å². The first-order chi connectivity index (χ1) is 20.0. The number of nitriles is 1. The quantitative estimate of drug-likeness (QED) is 0.343. The zero-order chi connectivity index (χ0) is 30.2. The molecule has 1 aliphatic heterocycles. The molecule has 0 saturated carbocycles. The van der Waals surface area contributed by atoms with E-state index in [9.17, 15) is 22.8 Å². The Morgan fingerprint density at radius 3 is 2.55 bits per heavy atom. The Bertz CT molecular complexity index is 1700. The summed E-state index contributed by atoms with van der Waals surface area (Å²) in [6.45, 7) is 2.69. The first-order valence-corrected chi connectivity index (χ1v) is 13.1. The van der Waals surface area contributed by atoms with Gasteiger partial charge >= 0.3 is 6.18 Å². The van der Waals surface area contributed by atoms with Crippen molar-refractivity contribution < 1.29 is 22.8 Å². The molecule has 1 saturated heterocycles. The maximum absolute atomic E-state index is 13.7. The van der Waals surface area contributed by atoms with Crippen molar-refractivity contribution in [3.05, 3.63) is 59.3 Å². The van der Waals surface area contributed by atoms with Crippen LogP contribution < -0.4 is 11.1 Å². The monoisotopic (exact) mass is 600 g/mol. The van der Waals surface area contributed by atoms with Gasteiger partial charge in [-0.1, -0.05) is 11.6 Å². The third-order valence-electron chi connectivity index (χ3n) is 6.70. The molecule has 3 N–H and O–H groups in total. The molecule has 1 aliphatic rings. The van der Waals surface area contributed by atoms with Gasteiger partial charge in [0, 0.05) is 50.5 Å². The van der Waals surface area contributed by atoms with Crippen molar-refractivity contribution in [2.45, 2.75) is 25.7 Å². The number of nitrogens with two attached hydrogens (primary N) is 1. The number of fused-ring (bicyclic) bond motifs is 1. The molecule has 12 nitrogen and oxygen atoms in total. The zero-order valence-electron chi connectivity index (χ0n) is 22.1. The van der Waals surface area contributed by atoms with Gasteiger partial charge in [0.15, 0.2) is 17.2 Å². The summed E-state index contributed by atoms with van der Waals surface area (Å²) in [4.78, 5) is 37.0. The molecule has 1 fully saturated rings. The number of hydrogen-bond donors (Lipinski definition) is 2. The predicted molar refractivity (Wildman–Crippen MR) is 146 cm³/mol. The van der Waals surface area contributed by atoms with Gasteiger partial charge in [-0.3, -0.25) is 18.7 Å². The van der Waals surface area contributed by atoms with E-state index in [1.165, 1.54) is 29.1 Å². The molecule has 5 rings (SSSR count). The molecule has 4 heterocycles. The maximum Gasteiger partial charge on any atom is 0.435 e. The molecular weight excluding hydrogens is 577 g/mol. The molecule has 0 aliphatic carbocycles. The fourth-order valence-corrected chi connectivity index (χ4v) is 4.93. The Balaban J connectivity index is 1.36. The Kier molecular flexibility index (Phi) is 7.76. The largest absolute Gasteiger partial charge is 0.435 e. The molecule has 0 unspecified atom stereocenters. The topological polar surface area (TPSA) is 150 Å². The number of anilines is 2. The third-order valence-corrected chi connectivity index (χ3v) is 7.01. The van der Waals surface area contributed by atoms with Crippen molar-refractivity contribution in [1.29, 1.82) is 5.26 Å². The third kappa shape index (κ3) is 5.58. The second-order valence-electron chi connectivity index (χ2n) is 9.58. The number of nitrogens with zero attached hydrogens (tertiary/aromatic N) is 8. The number of halogens is 4. The van der Waals surface area contributed by atoms with E-state index in [1.54, 1.807) is 34.9 Å². The van der Waals surface area contributed by atoms with Gasteiger partial charge in [-0.05, 0) is 25.1 Å². The lowest BCUT2D eigenvalue weighted by Crippen LogP contribution is -2.53. The van der Waals surface area contributed by atoms with E-state index in [0.29, 0.717) is 31.9 Å². The number of rotatable bonds is 6. The summed E-state index contributed by atoms with van der Waals surface area (Å²) >= 11 is 6.47. The van der Waals surface area contributed by atoms with Crippen LogP contribution in [0.15, 0.2) is 43.0 Å². The highest BCUT2D eigenvalue weighted by Gasteiger charge is 2.38. The maximum atomic E-state index is 13.7. The minimum absolute atomic E-state index is 0.105. The predicted octanol–water partition coefficient (Wildman–Crippen LogP) is 3.16. The van der Waals surface area contributed by atoms with E-state index < -0.39 is 17.9 Å². The first-order valence-electron chi connectivity index (χ1n) is 12.7. The molecule has 16 heteroatoms. The van der Waals surface area contributed by atoms with Crippen molar-refractivity contribution in [3.63, 3.8) is 0 Å². The number of amides is 2. The van der Waals surface area contributed by atoms with Gasteiger partial charge < -0.3 is 20.9 Å². The van der Waals surface area contributed by atoms with Gasteiger partial charge in [0.2, 0.25) is 5.91 Å². The zero-order valence-corrected chi connectivity index (χ0v) is 22.9. The van der Waals surface area contributed by atoms with Crippen LogP contribution in [0.3, 0.4) is 0 Å². The fourth-order valence-electron chi connectivity index (χ4n) is 4.67. The lowest BCUT2D eigenvalue weighted by Gasteiger charge is -2.35. The summed E-state index contributed by atoms with van der Waals surface area (Å²) in [7, 11) is 0. The summed E-state index contributed by atoms with van der Waals surface area (Å²) in [5.74, 6) is -0.222. The molecule has 1 atom stereocenters. The number of piperazine rings is 1. The average Bonchev–Trinajstić information content (AvgIpc) is 3.58. The Hall–Kier alpha value is -4.68. The number of alkyl halides is 3. The summed E-state index contributed by atoms with van der Waals surface area (Å²) in [5, 5.41) is 15.7. The van der Waals surface area contributed by atoms with Crippen LogP contribution in [0.25, 0.3) is 16.9 Å². The molecule has 0 bridgehead atoms. The highest BCUT2D eigenvalue weighted by atomic mass is 35.5. The summed E-state index contributed by atoms with van der Waals surface area (Å²) in [6.07, 6.45) is 0.512. The second-order valence-corrected chi connectivity index (χ2v) is 9.99. The molecule has 4 aromatic rings. The van der Waals surface area contributed by atoms with Crippen LogP contribution in [0.1, 0.15) is 23.0 Å². The molecule has 2 amide bonds. The lowest BCUT2D eigenvalue weighted by molar-refractivity contribution is -0.141. The van der Waals surface area contributed by atoms with E-state index in [0.717, 1.165) is 10.9 Å². The van der Waals surface area contributed by atoms with E-state index in [1.807, 2.05) is 0 Å². The van der Waals surface area contributed by atoms with Gasteiger partial charge in [0.25, 0.3) is 5.91 Å². The van der Waals surface area contributed by atoms with Crippen LogP contribution >= 0.6 is 11.6 Å². The van der Waals surface area contributed by atoms with Crippen LogP contribution in [0.2, 0.25) is 5.02 Å². The van der Waals surface area contributed by atoms with Gasteiger partial charge in [0.1, 0.15) is 6.54 Å². The minimum atomic E-state index is -4.75. The van der Waals surface area contributed by atoms with Crippen molar-refractivity contribution in [2.75, 3.05) is 31.5 Å². The SMILES string of the molecule is C[C@@H](N)C(=O)N1CCN(C(=O)c2ccc(Nc3nccn4c(-c5cn(CC#N)nc5C(F)(F)F)cnc34)cc2Cl)CC1. The molecule has 3 aromatic heterocycles. The second kappa shape index (κ2) is 11.3. The van der Waals surface area contributed by atoms with E-state index in [2.05, 4.69) is 20.4 Å². The number of carbonyl (C=O) groups excluding carboxylic acids is 2. The minimum Gasteiger partial charge on any atom is -0.338 e. The fraction of sp³-hybridized carbons (Fsp3) is 0.308. The lowest BCUT2D eigenvalue weighted by atomic mass is 10.1. The van der Waals surface area contributed by atoms with Gasteiger partial charge in [-0.15, -0.1) is 0 Å². The number of benzene rings is 1. The number of hydrogen-bond acceptors (Lipinski definition) is 8. The molecule has 42 heavy (non-hydrogen) atoms. The van der Waals surface area contributed by atoms with E-state index >= 15 is 0 Å². The summed E-state index contributed by atoms with van der Waals surface area (Å²) in [5.41, 5.74) is 5.37. The van der Waals surface area contributed by atoms with Crippen molar-refractivity contribution in [1.82, 2.24) is 33.9 Å². The van der Waals surface area contributed by atoms with Crippen LogP contribution in [0, 0.1) is 11.3 Å². The molecular formula is C26H24ClF3N10O2. The van der Waals surface area contributed by atoms with Gasteiger partial charge in [0.05, 0.1) is 40.2 Å². The smallest absolute Gasteiger partial charge is 0.338 e. The van der Waals surface area contributed by atoms with Crippen molar-refractivity contribution in [2.24, 2.45) is 5.73 Å². The Morgan fingerprint density at radius 2 is 1.90 bits per heavy atom. The Morgan fingerprint density at radius 1 is 1.19 bits per heavy atom. The molecule has 218 valence electrons. The number of imidazole rings is 1. The number of nitrogens with one attached hydrogen (secondary N) is 1. The summed E-state index contributed by atoms with van der Waals surface area (Å²) in [6, 6.07) is 5.88. The highest BCUT2D eigenvalue weighted by Crippen LogP contribution is 2.37. The van der Waals surface area contributed by atoms with Crippen LogP contribution in [0.4, 0.5) is 24.7 Å². The first kappa shape index (κ1) is 28.8. The molecule has 1 aromatic carbocycles. The van der Waals surface area contributed by atoms with Crippen molar-refractivity contribution >= 4 is 40.6 Å². The Labute approximate surface area is 242 Å².